The quantitative estimate of drug-likeness (QED) is 0.644. The van der Waals surface area contributed by atoms with E-state index in [-0.39, 0.29) is 11.8 Å². The van der Waals surface area contributed by atoms with Crippen molar-refractivity contribution in [1.82, 2.24) is 24.3 Å². The van der Waals surface area contributed by atoms with Gasteiger partial charge in [0, 0.05) is 69.4 Å². The predicted octanol–water partition coefficient (Wildman–Crippen LogP) is 2.54. The van der Waals surface area contributed by atoms with Crippen LogP contribution < -0.4 is 4.74 Å². The van der Waals surface area contributed by atoms with Crippen LogP contribution in [0.4, 0.5) is 0 Å². The molecule has 2 saturated heterocycles. The predicted molar refractivity (Wildman–Crippen MR) is 126 cm³/mol. The molecule has 0 aliphatic carbocycles. The molecule has 178 valence electrons. The summed E-state index contributed by atoms with van der Waals surface area (Å²) in [5, 5.41) is 0.602. The van der Waals surface area contributed by atoms with Gasteiger partial charge < -0.3 is 24.0 Å². The second-order valence-corrected chi connectivity index (χ2v) is 9.80. The number of hydrogen-bond acceptors (Lipinski definition) is 5. The maximum atomic E-state index is 13.3. The molecule has 0 bridgehead atoms. The number of nitrogens with zero attached hydrogens (tertiary/aromatic N) is 5. The van der Waals surface area contributed by atoms with Crippen molar-refractivity contribution in [2.75, 3.05) is 52.9 Å². The Morgan fingerprint density at radius 3 is 2.61 bits per heavy atom. The van der Waals surface area contributed by atoms with Crippen LogP contribution in [0, 0.1) is 5.41 Å². The molecule has 0 N–H and O–H groups in total. The van der Waals surface area contributed by atoms with Gasteiger partial charge in [-0.2, -0.15) is 0 Å². The molecule has 0 unspecified atom stereocenters. The minimum atomic E-state index is -0.467. The van der Waals surface area contributed by atoms with Gasteiger partial charge >= 0.3 is 0 Å². The van der Waals surface area contributed by atoms with E-state index in [9.17, 15) is 9.59 Å². The van der Waals surface area contributed by atoms with Crippen LogP contribution in [0.25, 0.3) is 0 Å². The van der Waals surface area contributed by atoms with Crippen LogP contribution in [0.15, 0.2) is 36.8 Å². The van der Waals surface area contributed by atoms with E-state index in [0.29, 0.717) is 42.6 Å². The highest BCUT2D eigenvalue weighted by molar-refractivity contribution is 6.30. The smallest absolute Gasteiger partial charge is 0.274 e. The third-order valence-electron chi connectivity index (χ3n) is 6.60. The molecule has 1 aromatic carbocycles. The van der Waals surface area contributed by atoms with Crippen molar-refractivity contribution in [3.8, 4) is 5.75 Å². The third kappa shape index (κ3) is 5.86. The molecule has 9 heteroatoms. The van der Waals surface area contributed by atoms with Crippen LogP contribution in [-0.2, 0) is 11.8 Å². The van der Waals surface area contributed by atoms with E-state index in [1.54, 1.807) is 29.2 Å². The average molecular weight is 474 g/mol. The average Bonchev–Trinajstić information content (AvgIpc) is 3.24. The molecule has 1 aromatic heterocycles. The lowest BCUT2D eigenvalue weighted by atomic mass is 9.77. The summed E-state index contributed by atoms with van der Waals surface area (Å²) in [5.74, 6) is 0.696. The monoisotopic (exact) mass is 473 g/mol. The zero-order valence-electron chi connectivity index (χ0n) is 19.4. The summed E-state index contributed by atoms with van der Waals surface area (Å²) in [6.07, 6.45) is 5.34. The molecule has 0 spiro atoms. The molecule has 3 heterocycles. The molecular weight excluding hydrogens is 442 g/mol. The highest BCUT2D eigenvalue weighted by Gasteiger charge is 2.41. The van der Waals surface area contributed by atoms with E-state index < -0.39 is 5.41 Å². The van der Waals surface area contributed by atoms with E-state index in [1.807, 2.05) is 29.0 Å². The topological polar surface area (TPSA) is 70.9 Å². The number of piperazine rings is 1. The normalized spacial score (nSPS) is 21.8. The lowest BCUT2D eigenvalue weighted by molar-refractivity contribution is -0.137. The molecule has 2 amide bonds. The van der Waals surface area contributed by atoms with Gasteiger partial charge in [-0.05, 0) is 38.1 Å². The molecule has 4 rings (SSSR count). The number of amides is 2. The Kier molecular flexibility index (Phi) is 7.24. The molecule has 2 aliphatic heterocycles. The Morgan fingerprint density at radius 2 is 1.91 bits per heavy atom. The fraction of sp³-hybridized carbons (Fsp3) is 0.542. The zero-order valence-corrected chi connectivity index (χ0v) is 20.1. The number of piperidine rings is 1. The van der Waals surface area contributed by atoms with Gasteiger partial charge in [-0.15, -0.1) is 0 Å². The first kappa shape index (κ1) is 23.6. The van der Waals surface area contributed by atoms with Crippen molar-refractivity contribution in [3.05, 3.63) is 47.5 Å². The Balaban J connectivity index is 1.52. The number of aryl methyl sites for hydroxylation is 1. The highest BCUT2D eigenvalue weighted by Crippen LogP contribution is 2.36. The summed E-state index contributed by atoms with van der Waals surface area (Å²) in [6, 6.07) is 7.28. The van der Waals surface area contributed by atoms with Gasteiger partial charge in [0.2, 0.25) is 5.91 Å². The molecular formula is C24H32ClN5O3. The Labute approximate surface area is 200 Å². The Morgan fingerprint density at radius 1 is 1.12 bits per heavy atom. The second-order valence-electron chi connectivity index (χ2n) is 9.36. The van der Waals surface area contributed by atoms with Gasteiger partial charge in [0.1, 0.15) is 11.4 Å². The van der Waals surface area contributed by atoms with Crippen molar-refractivity contribution in [2.24, 2.45) is 12.5 Å². The van der Waals surface area contributed by atoms with Crippen LogP contribution in [-0.4, -0.2) is 89.0 Å². The summed E-state index contributed by atoms with van der Waals surface area (Å²) in [7, 11) is 3.92. The SMILES string of the molecule is CN1CCN(C(=O)C[C@@]2(COc3cccc(Cl)c3)CCCN(C(=O)c3cn(C)cn3)C2)CC1. The number of likely N-dealkylation sites (tertiary alicyclic amines) is 1. The first-order valence-electron chi connectivity index (χ1n) is 11.5. The molecule has 1 atom stereocenters. The molecule has 0 saturated carbocycles. The number of ether oxygens (including phenoxy) is 1. The number of rotatable bonds is 6. The number of carbonyl (C=O) groups excluding carboxylic acids is 2. The largest absolute Gasteiger partial charge is 0.493 e. The summed E-state index contributed by atoms with van der Waals surface area (Å²) in [6.45, 7) is 4.68. The Bertz CT molecular complexity index is 988. The maximum absolute atomic E-state index is 13.3. The van der Waals surface area contributed by atoms with Crippen molar-refractivity contribution in [3.63, 3.8) is 0 Å². The fourth-order valence-corrected chi connectivity index (χ4v) is 4.84. The van der Waals surface area contributed by atoms with E-state index in [1.165, 1.54) is 0 Å². The van der Waals surface area contributed by atoms with Crippen molar-refractivity contribution in [2.45, 2.75) is 19.3 Å². The van der Waals surface area contributed by atoms with Crippen LogP contribution in [0.3, 0.4) is 0 Å². The summed E-state index contributed by atoms with van der Waals surface area (Å²) in [4.78, 5) is 36.7. The Hall–Kier alpha value is -2.58. The number of benzene rings is 1. The number of aromatic nitrogens is 2. The van der Waals surface area contributed by atoms with Crippen LogP contribution in [0.2, 0.25) is 5.02 Å². The number of carbonyl (C=O) groups is 2. The fourth-order valence-electron chi connectivity index (χ4n) is 4.66. The molecule has 2 aromatic rings. The third-order valence-corrected chi connectivity index (χ3v) is 6.83. The van der Waals surface area contributed by atoms with Gasteiger partial charge in [-0.1, -0.05) is 17.7 Å². The van der Waals surface area contributed by atoms with Gasteiger partial charge in [0.05, 0.1) is 12.9 Å². The lowest BCUT2D eigenvalue weighted by Crippen LogP contribution is -2.53. The number of halogens is 1. The molecule has 2 aliphatic rings. The summed E-state index contributed by atoms with van der Waals surface area (Å²) >= 11 is 6.13. The van der Waals surface area contributed by atoms with Crippen LogP contribution >= 0.6 is 11.6 Å². The minimum Gasteiger partial charge on any atom is -0.493 e. The summed E-state index contributed by atoms with van der Waals surface area (Å²) in [5.41, 5.74) is -0.0414. The zero-order chi connectivity index (χ0) is 23.4. The van der Waals surface area contributed by atoms with E-state index in [4.69, 9.17) is 16.3 Å². The summed E-state index contributed by atoms with van der Waals surface area (Å²) < 4.78 is 7.92. The van der Waals surface area contributed by atoms with Crippen molar-refractivity contribution >= 4 is 23.4 Å². The van der Waals surface area contributed by atoms with Crippen LogP contribution in [0.5, 0.6) is 5.75 Å². The molecule has 33 heavy (non-hydrogen) atoms. The van der Waals surface area contributed by atoms with Crippen LogP contribution in [0.1, 0.15) is 29.8 Å². The van der Waals surface area contributed by atoms with Crippen molar-refractivity contribution in [1.29, 1.82) is 0 Å². The van der Waals surface area contributed by atoms with E-state index in [2.05, 4.69) is 16.9 Å². The molecule has 2 fully saturated rings. The number of hydrogen-bond donors (Lipinski definition) is 0. The van der Waals surface area contributed by atoms with Gasteiger partial charge in [0.15, 0.2) is 0 Å². The van der Waals surface area contributed by atoms with E-state index >= 15 is 0 Å². The number of imidazole rings is 1. The van der Waals surface area contributed by atoms with E-state index in [0.717, 1.165) is 39.0 Å². The molecule has 8 nitrogen and oxygen atoms in total. The standard InChI is InChI=1S/C24H32ClN5O3/c1-27-9-11-29(12-10-27)22(31)14-24(17-33-20-6-3-5-19(25)13-20)7-4-8-30(16-24)23(32)21-15-28(2)18-26-21/h3,5-6,13,15,18H,4,7-12,14,16-17H2,1-2H3/t24-/m0/s1. The van der Waals surface area contributed by atoms with Gasteiger partial charge in [-0.25, -0.2) is 4.98 Å². The van der Waals surface area contributed by atoms with Gasteiger partial charge in [0.25, 0.3) is 5.91 Å². The first-order valence-corrected chi connectivity index (χ1v) is 11.8. The van der Waals surface area contributed by atoms with Gasteiger partial charge in [-0.3, -0.25) is 9.59 Å². The van der Waals surface area contributed by atoms with Crippen molar-refractivity contribution < 1.29 is 14.3 Å². The maximum Gasteiger partial charge on any atom is 0.274 e. The second kappa shape index (κ2) is 10.1. The highest BCUT2D eigenvalue weighted by atomic mass is 35.5. The first-order chi connectivity index (χ1) is 15.8. The minimum absolute atomic E-state index is 0.102. The number of likely N-dealkylation sites (N-methyl/N-ethyl adjacent to an activating group) is 1. The lowest BCUT2D eigenvalue weighted by Gasteiger charge is -2.43. The molecule has 0 radical (unpaired) electrons.